The van der Waals surface area contributed by atoms with E-state index in [1.165, 1.54) is 12.8 Å². The monoisotopic (exact) mass is 366 g/mol. The first kappa shape index (κ1) is 20.2. The second-order valence-corrected chi connectivity index (χ2v) is 15.7. The van der Waals surface area contributed by atoms with Crippen molar-refractivity contribution < 1.29 is 4.57 Å². The summed E-state index contributed by atoms with van der Waals surface area (Å²) in [5, 5.41) is 1.76. The molecule has 0 bridgehead atoms. The Kier molecular flexibility index (Phi) is 6.42. The van der Waals surface area contributed by atoms with Crippen molar-refractivity contribution in [3.05, 3.63) is 30.3 Å². The van der Waals surface area contributed by atoms with Crippen molar-refractivity contribution >= 4 is 21.0 Å². The lowest BCUT2D eigenvalue weighted by atomic mass is 10.0. The highest BCUT2D eigenvalue weighted by atomic mass is 31.1. The molecule has 1 aliphatic rings. The minimum atomic E-state index is -1.70. The third-order valence-corrected chi connectivity index (χ3v) is 11.8. The molecule has 0 spiro atoms. The first-order chi connectivity index (χ1) is 11.0. The molecule has 1 fully saturated rings. The Hall–Kier alpha value is -0.120. The Morgan fingerprint density at radius 1 is 1.00 bits per heavy atom. The van der Waals surface area contributed by atoms with Gasteiger partial charge in [-0.1, -0.05) is 93.1 Å². The van der Waals surface area contributed by atoms with Crippen LogP contribution in [-0.2, 0) is 4.57 Å². The smallest absolute Gasteiger partial charge is 0.107 e. The van der Waals surface area contributed by atoms with E-state index in [4.69, 9.17) is 0 Å². The van der Waals surface area contributed by atoms with Crippen LogP contribution in [0.1, 0.15) is 67.7 Å². The molecule has 1 unspecified atom stereocenters. The van der Waals surface area contributed by atoms with Gasteiger partial charge in [-0.25, -0.2) is 0 Å². The van der Waals surface area contributed by atoms with Gasteiger partial charge in [-0.05, 0) is 34.7 Å². The zero-order chi connectivity index (χ0) is 18.1. The fourth-order valence-electron chi connectivity index (χ4n) is 5.13. The summed E-state index contributed by atoms with van der Waals surface area (Å²) in [5.41, 5.74) is 1.08. The number of hydrogen-bond donors (Lipinski definition) is 0. The SMILES string of the molecule is C[C@H]([C@@H]1CCC[C@@H]1[PH](=O)c1ccccc1)P(C(C)(C)C)C(C)(C)C. The van der Waals surface area contributed by atoms with E-state index in [0.717, 1.165) is 11.7 Å². The normalized spacial score (nSPS) is 25.0. The number of hydrogen-bond acceptors (Lipinski definition) is 1. The summed E-state index contributed by atoms with van der Waals surface area (Å²) in [4.78, 5) is 0. The van der Waals surface area contributed by atoms with Crippen LogP contribution < -0.4 is 5.30 Å². The van der Waals surface area contributed by atoms with Gasteiger partial charge in [0.15, 0.2) is 0 Å². The Morgan fingerprint density at radius 3 is 2.04 bits per heavy atom. The van der Waals surface area contributed by atoms with E-state index in [9.17, 15) is 4.57 Å². The summed E-state index contributed by atoms with van der Waals surface area (Å²) < 4.78 is 13.3. The van der Waals surface area contributed by atoms with Crippen LogP contribution in [0.25, 0.3) is 0 Å². The van der Waals surface area contributed by atoms with Crippen LogP contribution in [0.15, 0.2) is 30.3 Å². The average Bonchev–Trinajstić information content (AvgIpc) is 2.93. The molecule has 0 radical (unpaired) electrons. The lowest BCUT2D eigenvalue weighted by molar-refractivity contribution is 0.509. The van der Waals surface area contributed by atoms with Crippen molar-refractivity contribution in [3.63, 3.8) is 0 Å². The highest BCUT2D eigenvalue weighted by Crippen LogP contribution is 2.66. The lowest BCUT2D eigenvalue weighted by Gasteiger charge is -2.48. The molecule has 0 aliphatic heterocycles. The summed E-state index contributed by atoms with van der Waals surface area (Å²) in [7, 11) is -1.86. The first-order valence-electron chi connectivity index (χ1n) is 9.42. The summed E-state index contributed by atoms with van der Waals surface area (Å²) >= 11 is 0. The molecule has 136 valence electrons. The third-order valence-electron chi connectivity index (χ3n) is 5.44. The van der Waals surface area contributed by atoms with Crippen molar-refractivity contribution in [1.82, 2.24) is 0 Å². The van der Waals surface area contributed by atoms with Crippen LogP contribution in [-0.4, -0.2) is 21.6 Å². The molecule has 0 saturated heterocycles. The Labute approximate surface area is 151 Å². The molecule has 0 amide bonds. The van der Waals surface area contributed by atoms with Gasteiger partial charge >= 0.3 is 0 Å². The Balaban J connectivity index is 2.27. The van der Waals surface area contributed by atoms with Gasteiger partial charge in [-0.2, -0.15) is 0 Å². The predicted molar refractivity (Wildman–Crippen MR) is 112 cm³/mol. The van der Waals surface area contributed by atoms with Crippen molar-refractivity contribution in [3.8, 4) is 0 Å². The summed E-state index contributed by atoms with van der Waals surface area (Å²) in [6, 6.07) is 10.2. The number of rotatable bonds is 4. The minimum absolute atomic E-state index is 0.158. The molecule has 0 aromatic heterocycles. The summed E-state index contributed by atoms with van der Waals surface area (Å²) in [6.45, 7) is 16.9. The standard InChI is InChI=1S/C21H36OP2/c1-16(24(20(2,3)4)21(5,6)7)18-14-11-15-19(18)23(22)17-12-9-8-10-13-17/h8-10,12-13,16,18-19,23H,11,14-15H2,1-7H3/t16-,18+,19+/m1/s1. The molecule has 1 nitrogen and oxygen atoms in total. The van der Waals surface area contributed by atoms with Gasteiger partial charge in [0.2, 0.25) is 0 Å². The largest absolute Gasteiger partial charge is 0.322 e. The third kappa shape index (κ3) is 4.53. The quantitative estimate of drug-likeness (QED) is 0.555. The molecule has 0 N–H and O–H groups in total. The zero-order valence-corrected chi connectivity index (χ0v) is 18.5. The van der Waals surface area contributed by atoms with Crippen LogP contribution in [0.5, 0.6) is 0 Å². The predicted octanol–water partition coefficient (Wildman–Crippen LogP) is 6.51. The van der Waals surface area contributed by atoms with E-state index >= 15 is 0 Å². The van der Waals surface area contributed by atoms with Crippen LogP contribution in [0.2, 0.25) is 0 Å². The molecule has 4 atom stereocenters. The van der Waals surface area contributed by atoms with Gasteiger partial charge in [0.1, 0.15) is 7.80 Å². The van der Waals surface area contributed by atoms with E-state index in [0.29, 0.717) is 27.5 Å². The molecule has 1 aromatic carbocycles. The lowest BCUT2D eigenvalue weighted by Crippen LogP contribution is -2.35. The fraction of sp³-hybridized carbons (Fsp3) is 0.714. The van der Waals surface area contributed by atoms with E-state index in [2.05, 4.69) is 60.6 Å². The zero-order valence-electron chi connectivity index (χ0n) is 16.6. The van der Waals surface area contributed by atoms with E-state index < -0.39 is 7.80 Å². The van der Waals surface area contributed by atoms with Gasteiger partial charge in [-0.15, -0.1) is 0 Å². The van der Waals surface area contributed by atoms with Crippen LogP contribution in [0.3, 0.4) is 0 Å². The highest BCUT2D eigenvalue weighted by molar-refractivity contribution is 7.61. The summed E-state index contributed by atoms with van der Waals surface area (Å²) in [6.07, 6.45) is 3.67. The Morgan fingerprint density at radius 2 is 1.54 bits per heavy atom. The van der Waals surface area contributed by atoms with Crippen LogP contribution in [0.4, 0.5) is 0 Å². The number of benzene rings is 1. The van der Waals surface area contributed by atoms with Gasteiger partial charge in [0.05, 0.1) is 0 Å². The molecular weight excluding hydrogens is 330 g/mol. The van der Waals surface area contributed by atoms with Gasteiger partial charge in [-0.3, -0.25) is 0 Å². The van der Waals surface area contributed by atoms with Gasteiger partial charge < -0.3 is 4.57 Å². The minimum Gasteiger partial charge on any atom is -0.322 e. The van der Waals surface area contributed by atoms with Crippen molar-refractivity contribution in [1.29, 1.82) is 0 Å². The van der Waals surface area contributed by atoms with Crippen molar-refractivity contribution in [2.24, 2.45) is 5.92 Å². The summed E-state index contributed by atoms with van der Waals surface area (Å²) in [5.74, 6) is 0.626. The molecule has 0 heterocycles. The van der Waals surface area contributed by atoms with Gasteiger partial charge in [0, 0.05) is 11.0 Å². The Bertz CT molecular complexity index is 539. The van der Waals surface area contributed by atoms with E-state index in [1.54, 1.807) is 0 Å². The second-order valence-electron chi connectivity index (χ2n) is 9.38. The topological polar surface area (TPSA) is 17.1 Å². The average molecular weight is 366 g/mol. The van der Waals surface area contributed by atoms with Crippen molar-refractivity contribution in [2.75, 3.05) is 0 Å². The molecule has 1 aromatic rings. The molecule has 3 heteroatoms. The van der Waals surface area contributed by atoms with Crippen LogP contribution >= 0.6 is 15.7 Å². The maximum Gasteiger partial charge on any atom is 0.107 e. The highest BCUT2D eigenvalue weighted by Gasteiger charge is 2.45. The van der Waals surface area contributed by atoms with Crippen molar-refractivity contribution in [2.45, 2.75) is 89.4 Å². The maximum absolute atomic E-state index is 13.3. The molecule has 24 heavy (non-hydrogen) atoms. The molecule has 1 saturated carbocycles. The molecule has 2 rings (SSSR count). The maximum atomic E-state index is 13.3. The first-order valence-corrected chi connectivity index (χ1v) is 12.3. The van der Waals surface area contributed by atoms with Gasteiger partial charge in [0.25, 0.3) is 0 Å². The van der Waals surface area contributed by atoms with Crippen LogP contribution in [0, 0.1) is 5.92 Å². The second kappa shape index (κ2) is 7.63. The fourth-order valence-corrected chi connectivity index (χ4v) is 12.7. The molecule has 1 aliphatic carbocycles. The molecular formula is C21H36OP2. The van der Waals surface area contributed by atoms with E-state index in [-0.39, 0.29) is 7.92 Å². The van der Waals surface area contributed by atoms with E-state index in [1.807, 2.05) is 18.2 Å².